The molecule has 0 nitrogen and oxygen atoms in total. The Balaban J connectivity index is 2.10. The fourth-order valence-corrected chi connectivity index (χ4v) is 2.01. The van der Waals surface area contributed by atoms with Gasteiger partial charge in [-0.15, -0.1) is 0 Å². The monoisotopic (exact) mass is 317 g/mol. The van der Waals surface area contributed by atoms with Crippen molar-refractivity contribution >= 4 is 31.9 Å². The van der Waals surface area contributed by atoms with Gasteiger partial charge in [0.1, 0.15) is 0 Å². The molecule has 0 heterocycles. The highest BCUT2D eigenvalue weighted by atomic mass is 79.9. The van der Waals surface area contributed by atoms with Crippen molar-refractivity contribution in [2.75, 3.05) is 5.33 Å². The highest BCUT2D eigenvalue weighted by Crippen LogP contribution is 2.13. The summed E-state index contributed by atoms with van der Waals surface area (Å²) in [5, 5.41) is 1.05. The van der Waals surface area contributed by atoms with Crippen LogP contribution in [0.2, 0.25) is 0 Å². The summed E-state index contributed by atoms with van der Waals surface area (Å²) in [6.45, 7) is 0. The van der Waals surface area contributed by atoms with Crippen molar-refractivity contribution in [3.05, 3.63) is 35.9 Å². The molecule has 1 unspecified atom stereocenters. The minimum Gasteiger partial charge on any atom is -0.0916 e. The Morgan fingerprint density at radius 1 is 1.21 bits per heavy atom. The molecule has 0 N–H and O–H groups in total. The van der Waals surface area contributed by atoms with E-state index in [1.165, 1.54) is 31.2 Å². The third-order valence-electron chi connectivity index (χ3n) is 2.19. The maximum Gasteiger partial charge on any atom is 0.0242 e. The van der Waals surface area contributed by atoms with Crippen molar-refractivity contribution < 1.29 is 0 Å². The minimum atomic E-state index is 0.631. The van der Waals surface area contributed by atoms with Gasteiger partial charge in [-0.3, -0.25) is 0 Å². The molecule has 0 saturated carbocycles. The largest absolute Gasteiger partial charge is 0.0916 e. The Morgan fingerprint density at radius 2 is 1.93 bits per heavy atom. The summed E-state index contributed by atoms with van der Waals surface area (Å²) in [7, 11) is 0. The van der Waals surface area contributed by atoms with E-state index in [2.05, 4.69) is 50.1 Å². The van der Waals surface area contributed by atoms with Gasteiger partial charge >= 0.3 is 0 Å². The molecule has 77 valence electrons. The molecule has 1 rings (SSSR count). The molecule has 0 bridgehead atoms. The Labute approximate surface area is 103 Å². The number of alkyl halides is 2. The third kappa shape index (κ3) is 5.16. The van der Waals surface area contributed by atoms with Crippen LogP contribution in [-0.2, 0) is 6.42 Å². The van der Waals surface area contributed by atoms with Gasteiger partial charge in [0, 0.05) is 10.2 Å². The molecule has 14 heavy (non-hydrogen) atoms. The van der Waals surface area contributed by atoms with Crippen molar-refractivity contribution in [1.82, 2.24) is 0 Å². The lowest BCUT2D eigenvalue weighted by Gasteiger charge is -2.05. The summed E-state index contributed by atoms with van der Waals surface area (Å²) in [5.41, 5.74) is 1.42. The fraction of sp³-hybridized carbons (Fsp3) is 0.500. The first kappa shape index (κ1) is 12.3. The highest BCUT2D eigenvalue weighted by Gasteiger charge is 2.00. The first-order valence-electron chi connectivity index (χ1n) is 4.98. The zero-order chi connectivity index (χ0) is 10.2. The molecule has 0 spiro atoms. The molecular weight excluding hydrogens is 304 g/mol. The summed E-state index contributed by atoms with van der Waals surface area (Å²) in [6.07, 6.45) is 5.01. The molecule has 0 saturated heterocycles. The summed E-state index contributed by atoms with van der Waals surface area (Å²) in [4.78, 5) is 0.631. The number of aryl methyl sites for hydroxylation is 1. The lowest BCUT2D eigenvalue weighted by atomic mass is 10.1. The number of hydrogen-bond acceptors (Lipinski definition) is 0. The molecule has 0 amide bonds. The second kappa shape index (κ2) is 7.47. The van der Waals surface area contributed by atoms with Crippen LogP contribution < -0.4 is 0 Å². The van der Waals surface area contributed by atoms with Gasteiger partial charge in [0.05, 0.1) is 0 Å². The smallest absolute Gasteiger partial charge is 0.0242 e. The molecule has 0 aliphatic heterocycles. The van der Waals surface area contributed by atoms with Crippen LogP contribution in [-0.4, -0.2) is 10.2 Å². The van der Waals surface area contributed by atoms with E-state index in [0.717, 1.165) is 5.33 Å². The average molecular weight is 319 g/mol. The molecular formula is C12H15Br2. The lowest BCUT2D eigenvalue weighted by Crippen LogP contribution is -1.98. The predicted octanol–water partition coefficient (Wildman–Crippen LogP) is 4.36. The zero-order valence-electron chi connectivity index (χ0n) is 8.18. The normalized spacial score (nSPS) is 12.7. The van der Waals surface area contributed by atoms with Gasteiger partial charge in [-0.2, -0.15) is 0 Å². The van der Waals surface area contributed by atoms with Crippen LogP contribution in [0.5, 0.6) is 0 Å². The Hall–Kier alpha value is 0.180. The van der Waals surface area contributed by atoms with E-state index >= 15 is 0 Å². The summed E-state index contributed by atoms with van der Waals surface area (Å²) in [5.74, 6) is 0. The van der Waals surface area contributed by atoms with E-state index < -0.39 is 0 Å². The summed E-state index contributed by atoms with van der Waals surface area (Å²) >= 11 is 7.07. The van der Waals surface area contributed by atoms with E-state index in [1.807, 2.05) is 12.1 Å². The number of unbranched alkanes of at least 4 members (excludes halogenated alkanes) is 1. The quantitative estimate of drug-likeness (QED) is 0.540. The Bertz CT molecular complexity index is 233. The van der Waals surface area contributed by atoms with Crippen LogP contribution in [0.1, 0.15) is 24.8 Å². The van der Waals surface area contributed by atoms with Crippen molar-refractivity contribution in [3.63, 3.8) is 0 Å². The number of halogens is 2. The maximum atomic E-state index is 3.61. The van der Waals surface area contributed by atoms with E-state index in [1.54, 1.807) is 0 Å². The summed E-state index contributed by atoms with van der Waals surface area (Å²) < 4.78 is 0. The average Bonchev–Trinajstić information content (AvgIpc) is 2.25. The second-order valence-corrected chi connectivity index (χ2v) is 5.35. The van der Waals surface area contributed by atoms with Gasteiger partial charge in [-0.05, 0) is 30.9 Å². The number of rotatable bonds is 6. The highest BCUT2D eigenvalue weighted by molar-refractivity contribution is 9.12. The SMILES string of the molecule is BrCC(Br)CCCCc1cc[c]cc1. The van der Waals surface area contributed by atoms with Crippen LogP contribution >= 0.6 is 31.9 Å². The molecule has 1 aromatic carbocycles. The Morgan fingerprint density at radius 3 is 2.57 bits per heavy atom. The predicted molar refractivity (Wildman–Crippen MR) is 69.3 cm³/mol. The first-order chi connectivity index (χ1) is 6.83. The number of benzene rings is 1. The van der Waals surface area contributed by atoms with Crippen LogP contribution in [0.15, 0.2) is 24.3 Å². The Kier molecular flexibility index (Phi) is 6.54. The van der Waals surface area contributed by atoms with Crippen LogP contribution in [0.4, 0.5) is 0 Å². The van der Waals surface area contributed by atoms with E-state index in [0.29, 0.717) is 4.83 Å². The molecule has 0 aliphatic carbocycles. The van der Waals surface area contributed by atoms with E-state index in [9.17, 15) is 0 Å². The third-order valence-corrected chi connectivity index (χ3v) is 4.62. The van der Waals surface area contributed by atoms with Crippen molar-refractivity contribution in [2.24, 2.45) is 0 Å². The van der Waals surface area contributed by atoms with Crippen molar-refractivity contribution in [1.29, 1.82) is 0 Å². The molecule has 0 fully saturated rings. The van der Waals surface area contributed by atoms with Gasteiger partial charge in [0.25, 0.3) is 0 Å². The minimum absolute atomic E-state index is 0.631. The van der Waals surface area contributed by atoms with E-state index in [4.69, 9.17) is 0 Å². The summed E-state index contributed by atoms with van der Waals surface area (Å²) in [6, 6.07) is 11.3. The molecule has 1 radical (unpaired) electrons. The van der Waals surface area contributed by atoms with Gasteiger partial charge in [0.2, 0.25) is 0 Å². The molecule has 2 heteroatoms. The molecule has 0 aliphatic rings. The van der Waals surface area contributed by atoms with Gasteiger partial charge in [-0.1, -0.05) is 62.5 Å². The standard InChI is InChI=1S/C12H15Br2/c13-10-12(14)9-5-4-8-11-6-2-1-3-7-11/h2-3,6-7,12H,4-5,8-10H2. The first-order valence-corrected chi connectivity index (χ1v) is 7.01. The van der Waals surface area contributed by atoms with Crippen molar-refractivity contribution in [3.8, 4) is 0 Å². The lowest BCUT2D eigenvalue weighted by molar-refractivity contribution is 0.684. The van der Waals surface area contributed by atoms with Crippen LogP contribution in [0.3, 0.4) is 0 Å². The van der Waals surface area contributed by atoms with E-state index in [-0.39, 0.29) is 0 Å². The molecule has 1 aromatic rings. The van der Waals surface area contributed by atoms with Crippen molar-refractivity contribution in [2.45, 2.75) is 30.5 Å². The molecule has 1 atom stereocenters. The second-order valence-electron chi connectivity index (χ2n) is 3.41. The fourth-order valence-electron chi connectivity index (χ4n) is 1.36. The topological polar surface area (TPSA) is 0 Å². The molecule has 0 aromatic heterocycles. The van der Waals surface area contributed by atoms with Gasteiger partial charge < -0.3 is 0 Å². The number of hydrogen-bond donors (Lipinski definition) is 0. The van der Waals surface area contributed by atoms with Gasteiger partial charge in [-0.25, -0.2) is 0 Å². The van der Waals surface area contributed by atoms with Gasteiger partial charge in [0.15, 0.2) is 0 Å². The van der Waals surface area contributed by atoms with Crippen LogP contribution in [0, 0.1) is 6.07 Å². The zero-order valence-corrected chi connectivity index (χ0v) is 11.4. The van der Waals surface area contributed by atoms with Crippen LogP contribution in [0.25, 0.3) is 0 Å². The maximum absolute atomic E-state index is 3.61.